The minimum Gasteiger partial charge on any atom is -0.491 e. The molecule has 2 aromatic carbocycles. The molecule has 0 saturated carbocycles. The molecule has 0 spiro atoms. The van der Waals surface area contributed by atoms with Gasteiger partial charge in [-0.05, 0) is 52.6 Å². The van der Waals surface area contributed by atoms with Crippen molar-refractivity contribution in [3.8, 4) is 16.9 Å². The molecule has 0 bridgehead atoms. The molecule has 1 unspecified atom stereocenters. The zero-order valence-corrected chi connectivity index (χ0v) is 15.3. The van der Waals surface area contributed by atoms with Gasteiger partial charge < -0.3 is 15.2 Å². The van der Waals surface area contributed by atoms with Gasteiger partial charge in [0.25, 0.3) is 0 Å². The van der Waals surface area contributed by atoms with E-state index in [1.54, 1.807) is 6.07 Å². The summed E-state index contributed by atoms with van der Waals surface area (Å²) < 4.78 is 19.7. The van der Waals surface area contributed by atoms with Crippen molar-refractivity contribution in [2.24, 2.45) is 5.41 Å². The van der Waals surface area contributed by atoms with E-state index in [1.807, 2.05) is 45.0 Å². The van der Waals surface area contributed by atoms with Gasteiger partial charge in [0.15, 0.2) is 11.6 Å². The van der Waals surface area contributed by atoms with Crippen molar-refractivity contribution in [2.75, 3.05) is 6.61 Å². The fraction of sp³-hybridized carbons (Fsp3) is 0.381. The molecule has 1 atom stereocenters. The Morgan fingerprint density at radius 1 is 1.27 bits per heavy atom. The number of halogens is 1. The normalized spacial score (nSPS) is 17.6. The van der Waals surface area contributed by atoms with Gasteiger partial charge in [0, 0.05) is 0 Å². The van der Waals surface area contributed by atoms with Crippen LogP contribution in [0.2, 0.25) is 0 Å². The Labute approximate surface area is 153 Å². The van der Waals surface area contributed by atoms with E-state index in [-0.39, 0.29) is 23.0 Å². The number of carboxylic acid groups (broad SMARTS) is 1. The lowest BCUT2D eigenvalue weighted by Gasteiger charge is -2.27. The van der Waals surface area contributed by atoms with E-state index in [1.165, 1.54) is 6.07 Å². The fourth-order valence-corrected chi connectivity index (χ4v) is 3.64. The minimum absolute atomic E-state index is 0.206. The second-order valence-electron chi connectivity index (χ2n) is 7.46. The van der Waals surface area contributed by atoms with E-state index >= 15 is 0 Å². The summed E-state index contributed by atoms with van der Waals surface area (Å²) in [4.78, 5) is 11.1. The molecule has 1 amide bonds. The lowest BCUT2D eigenvalue weighted by molar-refractivity contribution is 0.175. The number of fused-ring (bicyclic) bond motifs is 1. The van der Waals surface area contributed by atoms with Gasteiger partial charge >= 0.3 is 6.09 Å². The standard InChI is InChI=1S/C21H24FNO3/c1-4-9-26-18-8-6-14(11-17(18)22)13-5-7-16-15(10-13)12-21(2,3)19(16)23-20(24)25/h5-8,10-11,19,23H,4,9,12H2,1-3H3,(H,24,25). The highest BCUT2D eigenvalue weighted by molar-refractivity contribution is 5.69. The maximum absolute atomic E-state index is 14.3. The number of nitrogens with one attached hydrogen (secondary N) is 1. The maximum atomic E-state index is 14.3. The Bertz CT molecular complexity index is 832. The number of carbonyl (C=O) groups is 1. The zero-order valence-electron chi connectivity index (χ0n) is 15.3. The Hall–Kier alpha value is -2.56. The smallest absolute Gasteiger partial charge is 0.405 e. The van der Waals surface area contributed by atoms with Gasteiger partial charge in [0.05, 0.1) is 12.6 Å². The second kappa shape index (κ2) is 6.98. The van der Waals surface area contributed by atoms with E-state index < -0.39 is 6.09 Å². The van der Waals surface area contributed by atoms with Crippen LogP contribution < -0.4 is 10.1 Å². The predicted molar refractivity (Wildman–Crippen MR) is 99.0 cm³/mol. The average Bonchev–Trinajstić information content (AvgIpc) is 2.82. The van der Waals surface area contributed by atoms with Gasteiger partial charge in [-0.15, -0.1) is 0 Å². The first-order valence-electron chi connectivity index (χ1n) is 8.87. The molecule has 138 valence electrons. The highest BCUT2D eigenvalue weighted by Gasteiger charge is 2.39. The van der Waals surface area contributed by atoms with E-state index in [9.17, 15) is 9.18 Å². The van der Waals surface area contributed by atoms with Crippen LogP contribution in [0.25, 0.3) is 11.1 Å². The largest absolute Gasteiger partial charge is 0.491 e. The summed E-state index contributed by atoms with van der Waals surface area (Å²) in [5.74, 6) is -0.106. The summed E-state index contributed by atoms with van der Waals surface area (Å²) >= 11 is 0. The highest BCUT2D eigenvalue weighted by Crippen LogP contribution is 2.46. The van der Waals surface area contributed by atoms with Gasteiger partial charge in [0.1, 0.15) is 0 Å². The molecule has 0 saturated heterocycles. The molecule has 4 nitrogen and oxygen atoms in total. The van der Waals surface area contributed by atoms with Crippen molar-refractivity contribution < 1.29 is 19.0 Å². The van der Waals surface area contributed by atoms with E-state index in [4.69, 9.17) is 9.84 Å². The number of hydrogen-bond acceptors (Lipinski definition) is 2. The summed E-state index contributed by atoms with van der Waals surface area (Å²) in [5.41, 5.74) is 3.57. The van der Waals surface area contributed by atoms with Crippen LogP contribution in [0.5, 0.6) is 5.75 Å². The van der Waals surface area contributed by atoms with Crippen LogP contribution in [0.3, 0.4) is 0 Å². The highest BCUT2D eigenvalue weighted by atomic mass is 19.1. The Morgan fingerprint density at radius 2 is 1.96 bits per heavy atom. The van der Waals surface area contributed by atoms with Crippen LogP contribution in [0.15, 0.2) is 36.4 Å². The summed E-state index contributed by atoms with van der Waals surface area (Å²) in [6, 6.07) is 10.6. The van der Waals surface area contributed by atoms with Gasteiger partial charge in [-0.1, -0.05) is 45.0 Å². The number of ether oxygens (including phenoxy) is 1. The molecule has 5 heteroatoms. The molecule has 0 heterocycles. The molecular formula is C21H24FNO3. The molecular weight excluding hydrogens is 333 g/mol. The monoisotopic (exact) mass is 357 g/mol. The zero-order chi connectivity index (χ0) is 18.9. The molecule has 1 aliphatic rings. The molecule has 26 heavy (non-hydrogen) atoms. The molecule has 0 fully saturated rings. The van der Waals surface area contributed by atoms with Crippen molar-refractivity contribution in [3.05, 3.63) is 53.3 Å². The van der Waals surface area contributed by atoms with Crippen molar-refractivity contribution >= 4 is 6.09 Å². The summed E-state index contributed by atoms with van der Waals surface area (Å²) in [5, 5.41) is 11.7. The van der Waals surface area contributed by atoms with Gasteiger partial charge in [-0.25, -0.2) is 9.18 Å². The maximum Gasteiger partial charge on any atom is 0.405 e. The van der Waals surface area contributed by atoms with Crippen molar-refractivity contribution in [2.45, 2.75) is 39.7 Å². The summed E-state index contributed by atoms with van der Waals surface area (Å²) in [6.07, 6.45) is 0.569. The van der Waals surface area contributed by atoms with E-state index in [0.29, 0.717) is 6.61 Å². The Balaban J connectivity index is 1.91. The van der Waals surface area contributed by atoms with Crippen LogP contribution in [-0.4, -0.2) is 17.8 Å². The summed E-state index contributed by atoms with van der Waals surface area (Å²) in [6.45, 7) is 6.56. The topological polar surface area (TPSA) is 58.6 Å². The molecule has 2 N–H and O–H groups in total. The van der Waals surface area contributed by atoms with Crippen LogP contribution in [0, 0.1) is 11.2 Å². The van der Waals surface area contributed by atoms with E-state index in [0.717, 1.165) is 35.1 Å². The molecule has 0 aromatic heterocycles. The number of benzene rings is 2. The van der Waals surface area contributed by atoms with Crippen LogP contribution in [0.1, 0.15) is 44.4 Å². The Morgan fingerprint density at radius 3 is 2.62 bits per heavy atom. The van der Waals surface area contributed by atoms with Gasteiger partial charge in [-0.2, -0.15) is 0 Å². The number of amides is 1. The first-order chi connectivity index (χ1) is 12.3. The number of rotatable bonds is 5. The molecule has 0 aliphatic heterocycles. The Kier molecular flexibility index (Phi) is 4.90. The fourth-order valence-electron chi connectivity index (χ4n) is 3.64. The van der Waals surface area contributed by atoms with Crippen LogP contribution in [-0.2, 0) is 6.42 Å². The van der Waals surface area contributed by atoms with Gasteiger partial charge in [0.2, 0.25) is 0 Å². The minimum atomic E-state index is -1.02. The van der Waals surface area contributed by atoms with Gasteiger partial charge in [-0.3, -0.25) is 0 Å². The molecule has 0 radical (unpaired) electrons. The molecule has 2 aromatic rings. The first kappa shape index (κ1) is 18.2. The lowest BCUT2D eigenvalue weighted by Crippen LogP contribution is -2.34. The number of hydrogen-bond donors (Lipinski definition) is 2. The lowest BCUT2D eigenvalue weighted by atomic mass is 9.85. The molecule has 1 aliphatic carbocycles. The quantitative estimate of drug-likeness (QED) is 0.776. The van der Waals surface area contributed by atoms with Crippen LogP contribution >= 0.6 is 0 Å². The van der Waals surface area contributed by atoms with Crippen molar-refractivity contribution in [1.29, 1.82) is 0 Å². The summed E-state index contributed by atoms with van der Waals surface area (Å²) in [7, 11) is 0. The van der Waals surface area contributed by atoms with Crippen molar-refractivity contribution in [1.82, 2.24) is 5.32 Å². The SMILES string of the molecule is CCCOc1ccc(-c2ccc3c(c2)CC(C)(C)C3NC(=O)O)cc1F. The average molecular weight is 357 g/mol. The second-order valence-corrected chi connectivity index (χ2v) is 7.46. The third-order valence-corrected chi connectivity index (χ3v) is 4.88. The molecule has 3 rings (SSSR count). The van der Waals surface area contributed by atoms with E-state index in [2.05, 4.69) is 5.32 Å². The third-order valence-electron chi connectivity index (χ3n) is 4.88. The van der Waals surface area contributed by atoms with Crippen molar-refractivity contribution in [3.63, 3.8) is 0 Å². The third kappa shape index (κ3) is 3.52. The van der Waals surface area contributed by atoms with Crippen LogP contribution in [0.4, 0.5) is 9.18 Å². The predicted octanol–water partition coefficient (Wildman–Crippen LogP) is 5.17. The first-order valence-corrected chi connectivity index (χ1v) is 8.87.